The summed E-state index contributed by atoms with van der Waals surface area (Å²) >= 11 is 0. The highest BCUT2D eigenvalue weighted by Gasteiger charge is 2.17. The molecule has 0 aromatic rings. The molecule has 0 radical (unpaired) electrons. The molecule has 18 heavy (non-hydrogen) atoms. The van der Waals surface area contributed by atoms with Crippen LogP contribution in [0.4, 0.5) is 0 Å². The third-order valence-electron chi connectivity index (χ3n) is 3.92. The first-order valence-corrected chi connectivity index (χ1v) is 7.26. The van der Waals surface area contributed by atoms with E-state index >= 15 is 0 Å². The van der Waals surface area contributed by atoms with Crippen molar-refractivity contribution in [3.8, 4) is 0 Å². The largest absolute Gasteiger partial charge is 0.478 e. The van der Waals surface area contributed by atoms with Gasteiger partial charge in [-0.15, -0.1) is 0 Å². The average molecular weight is 253 g/mol. The Morgan fingerprint density at radius 1 is 1.44 bits per heavy atom. The van der Waals surface area contributed by atoms with Crippen LogP contribution in [0, 0.1) is 11.8 Å². The van der Waals surface area contributed by atoms with E-state index in [2.05, 4.69) is 12.2 Å². The van der Waals surface area contributed by atoms with E-state index in [0.717, 1.165) is 18.4 Å². The molecule has 0 bridgehead atoms. The first kappa shape index (κ1) is 15.2. The van der Waals surface area contributed by atoms with E-state index in [1.165, 1.54) is 32.1 Å². The molecule has 0 amide bonds. The van der Waals surface area contributed by atoms with Crippen molar-refractivity contribution in [2.24, 2.45) is 11.8 Å². The molecule has 0 spiro atoms. The minimum Gasteiger partial charge on any atom is -0.478 e. The van der Waals surface area contributed by atoms with Gasteiger partial charge in [0.05, 0.1) is 0 Å². The molecule has 1 saturated carbocycles. The lowest BCUT2D eigenvalue weighted by molar-refractivity contribution is -0.132. The van der Waals surface area contributed by atoms with Gasteiger partial charge in [-0.1, -0.05) is 39.2 Å². The molecule has 2 N–H and O–H groups in total. The van der Waals surface area contributed by atoms with Gasteiger partial charge in [0.25, 0.3) is 0 Å². The number of hydrogen-bond acceptors (Lipinski definition) is 2. The highest BCUT2D eigenvalue weighted by molar-refractivity contribution is 5.86. The zero-order valence-corrected chi connectivity index (χ0v) is 11.7. The van der Waals surface area contributed by atoms with Gasteiger partial charge in [-0.2, -0.15) is 0 Å². The van der Waals surface area contributed by atoms with Crippen LogP contribution in [0.25, 0.3) is 0 Å². The lowest BCUT2D eigenvalue weighted by atomic mass is 9.81. The van der Waals surface area contributed by atoms with Crippen LogP contribution in [0.1, 0.15) is 52.4 Å². The van der Waals surface area contributed by atoms with E-state index in [1.807, 2.05) is 6.92 Å². The molecular formula is C15H27NO2. The van der Waals surface area contributed by atoms with E-state index < -0.39 is 5.97 Å². The summed E-state index contributed by atoms with van der Waals surface area (Å²) in [7, 11) is 0. The van der Waals surface area contributed by atoms with Crippen LogP contribution in [0.5, 0.6) is 0 Å². The van der Waals surface area contributed by atoms with Crippen LogP contribution in [-0.2, 0) is 4.79 Å². The van der Waals surface area contributed by atoms with E-state index in [-0.39, 0.29) is 0 Å². The fraction of sp³-hybridized carbons (Fsp3) is 0.800. The molecule has 1 aliphatic carbocycles. The fourth-order valence-electron chi connectivity index (χ4n) is 2.81. The number of nitrogens with one attached hydrogen (secondary N) is 1. The molecule has 0 saturated heterocycles. The second-order valence-electron chi connectivity index (χ2n) is 5.52. The van der Waals surface area contributed by atoms with Gasteiger partial charge in [0.1, 0.15) is 0 Å². The Kier molecular flexibility index (Phi) is 7.02. The topological polar surface area (TPSA) is 49.3 Å². The molecule has 1 rings (SSSR count). The van der Waals surface area contributed by atoms with Crippen molar-refractivity contribution < 1.29 is 9.90 Å². The fourth-order valence-corrected chi connectivity index (χ4v) is 2.81. The lowest BCUT2D eigenvalue weighted by Gasteiger charge is -2.26. The minimum atomic E-state index is -0.791. The molecule has 0 aliphatic heterocycles. The summed E-state index contributed by atoms with van der Waals surface area (Å²) < 4.78 is 0. The second kappa shape index (κ2) is 8.30. The monoisotopic (exact) mass is 253 g/mol. The standard InChI is InChI=1S/C15H27NO2/c1-3-14(15(17)18)8-10-16-9-7-13-6-4-5-12(2)11-13/h8,12-13,16H,3-7,9-11H2,1-2H3,(H,17,18). The van der Waals surface area contributed by atoms with E-state index in [1.54, 1.807) is 6.08 Å². The van der Waals surface area contributed by atoms with Crippen molar-refractivity contribution in [1.82, 2.24) is 5.32 Å². The van der Waals surface area contributed by atoms with Gasteiger partial charge in [-0.3, -0.25) is 0 Å². The third-order valence-corrected chi connectivity index (χ3v) is 3.92. The highest BCUT2D eigenvalue weighted by atomic mass is 16.4. The van der Waals surface area contributed by atoms with Crippen molar-refractivity contribution in [2.75, 3.05) is 13.1 Å². The number of carbonyl (C=O) groups is 1. The van der Waals surface area contributed by atoms with E-state index in [4.69, 9.17) is 5.11 Å². The third kappa shape index (κ3) is 5.67. The predicted molar refractivity (Wildman–Crippen MR) is 74.6 cm³/mol. The number of hydrogen-bond donors (Lipinski definition) is 2. The molecule has 0 heterocycles. The van der Waals surface area contributed by atoms with Crippen molar-refractivity contribution >= 4 is 5.97 Å². The molecule has 1 aliphatic rings. The van der Waals surface area contributed by atoms with Crippen LogP contribution in [0.15, 0.2) is 11.6 Å². The summed E-state index contributed by atoms with van der Waals surface area (Å²) in [5, 5.41) is 12.2. The lowest BCUT2D eigenvalue weighted by Crippen LogP contribution is -2.21. The van der Waals surface area contributed by atoms with Gasteiger partial charge in [0.2, 0.25) is 0 Å². The summed E-state index contributed by atoms with van der Waals surface area (Å²) in [6, 6.07) is 0. The smallest absolute Gasteiger partial charge is 0.331 e. The maximum Gasteiger partial charge on any atom is 0.331 e. The maximum atomic E-state index is 10.8. The Morgan fingerprint density at radius 2 is 2.22 bits per heavy atom. The number of rotatable bonds is 7. The Labute approximate surface area is 111 Å². The van der Waals surface area contributed by atoms with Gasteiger partial charge in [0, 0.05) is 12.1 Å². The Hall–Kier alpha value is -0.830. The zero-order chi connectivity index (χ0) is 13.4. The Balaban J connectivity index is 2.13. The van der Waals surface area contributed by atoms with Crippen LogP contribution < -0.4 is 5.32 Å². The van der Waals surface area contributed by atoms with Gasteiger partial charge < -0.3 is 10.4 Å². The van der Waals surface area contributed by atoms with E-state index in [9.17, 15) is 4.79 Å². The molecule has 104 valence electrons. The maximum absolute atomic E-state index is 10.8. The van der Waals surface area contributed by atoms with Gasteiger partial charge >= 0.3 is 5.97 Å². The van der Waals surface area contributed by atoms with E-state index in [0.29, 0.717) is 18.5 Å². The molecule has 3 nitrogen and oxygen atoms in total. The quantitative estimate of drug-likeness (QED) is 0.541. The Bertz CT molecular complexity index is 286. The van der Waals surface area contributed by atoms with Crippen LogP contribution in [0.2, 0.25) is 0 Å². The average Bonchev–Trinajstić information content (AvgIpc) is 2.33. The molecule has 0 aromatic carbocycles. The van der Waals surface area contributed by atoms with Crippen LogP contribution in [-0.4, -0.2) is 24.2 Å². The minimum absolute atomic E-state index is 0.508. The van der Waals surface area contributed by atoms with Gasteiger partial charge in [-0.05, 0) is 37.6 Å². The van der Waals surface area contributed by atoms with Gasteiger partial charge in [-0.25, -0.2) is 4.79 Å². The second-order valence-corrected chi connectivity index (χ2v) is 5.52. The molecule has 2 unspecified atom stereocenters. The van der Waals surface area contributed by atoms with Crippen molar-refractivity contribution in [2.45, 2.75) is 52.4 Å². The van der Waals surface area contributed by atoms with Crippen LogP contribution >= 0.6 is 0 Å². The van der Waals surface area contributed by atoms with Gasteiger partial charge in [0.15, 0.2) is 0 Å². The summed E-state index contributed by atoms with van der Waals surface area (Å²) in [6.45, 7) is 5.91. The SMILES string of the molecule is CCC(=CCNCCC1CCCC(C)C1)C(=O)O. The highest BCUT2D eigenvalue weighted by Crippen LogP contribution is 2.30. The molecular weight excluding hydrogens is 226 g/mol. The number of carboxylic acids is 1. The van der Waals surface area contributed by atoms with Crippen molar-refractivity contribution in [3.05, 3.63) is 11.6 Å². The molecule has 0 aromatic heterocycles. The summed E-state index contributed by atoms with van der Waals surface area (Å²) in [6.07, 6.45) is 9.13. The first-order chi connectivity index (χ1) is 8.63. The molecule has 1 fully saturated rings. The normalized spacial score (nSPS) is 25.1. The van der Waals surface area contributed by atoms with Crippen molar-refractivity contribution in [1.29, 1.82) is 0 Å². The van der Waals surface area contributed by atoms with Crippen molar-refractivity contribution in [3.63, 3.8) is 0 Å². The zero-order valence-electron chi connectivity index (χ0n) is 11.7. The first-order valence-electron chi connectivity index (χ1n) is 7.26. The summed E-state index contributed by atoms with van der Waals surface area (Å²) in [4.78, 5) is 10.8. The molecule has 2 atom stereocenters. The Morgan fingerprint density at radius 3 is 2.83 bits per heavy atom. The summed E-state index contributed by atoms with van der Waals surface area (Å²) in [5.74, 6) is 0.970. The summed E-state index contributed by atoms with van der Waals surface area (Å²) in [5.41, 5.74) is 0.508. The number of aliphatic carboxylic acids is 1. The predicted octanol–water partition coefficient (Wildman–Crippen LogP) is 3.21. The molecule has 3 heteroatoms. The van der Waals surface area contributed by atoms with Crippen LogP contribution in [0.3, 0.4) is 0 Å². The number of carboxylic acid groups (broad SMARTS) is 1.